The molecule has 1 unspecified atom stereocenters. The fourth-order valence-electron chi connectivity index (χ4n) is 2.19. The van der Waals surface area contributed by atoms with E-state index in [0.29, 0.717) is 17.4 Å². The average molecular weight is 253 g/mol. The highest BCUT2D eigenvalue weighted by Crippen LogP contribution is 2.15. The van der Waals surface area contributed by atoms with Crippen molar-refractivity contribution in [3.05, 3.63) is 0 Å². The molecule has 0 spiro atoms. The Morgan fingerprint density at radius 2 is 1.94 bits per heavy atom. The fraction of sp³-hybridized carbons (Fsp3) is 1.00. The predicted octanol–water partition coefficient (Wildman–Crippen LogP) is -0.977. The largest absolute Gasteiger partial charge is 0.345 e. The highest BCUT2D eigenvalue weighted by Gasteiger charge is 2.34. The van der Waals surface area contributed by atoms with Crippen molar-refractivity contribution in [2.24, 2.45) is 0 Å². The zero-order valence-corrected chi connectivity index (χ0v) is 10.4. The van der Waals surface area contributed by atoms with Crippen molar-refractivity contribution in [2.45, 2.75) is 19.6 Å². The molecule has 1 heterocycles. The van der Waals surface area contributed by atoms with Gasteiger partial charge in [-0.25, -0.2) is 0 Å². The third-order valence-electron chi connectivity index (χ3n) is 3.27. The topological polar surface area (TPSA) is 86.6 Å². The summed E-state index contributed by atoms with van der Waals surface area (Å²) in [5, 5.41) is 13.0. The molecule has 0 aromatic carbocycles. The van der Waals surface area contributed by atoms with Crippen LogP contribution >= 0.6 is 0 Å². The molecule has 0 amide bonds. The van der Waals surface area contributed by atoms with Gasteiger partial charge in [-0.2, -0.15) is 8.42 Å². The lowest BCUT2D eigenvalue weighted by molar-refractivity contribution is -0.970. The summed E-state index contributed by atoms with van der Waals surface area (Å²) in [7, 11) is -3.88. The van der Waals surface area contributed by atoms with Crippen molar-refractivity contribution in [3.63, 3.8) is 0 Å². The predicted molar refractivity (Wildman–Crippen MR) is 60.4 cm³/mol. The minimum atomic E-state index is -3.88. The summed E-state index contributed by atoms with van der Waals surface area (Å²) >= 11 is 0. The molecule has 0 radical (unpaired) electrons. The maximum atomic E-state index is 10.6. The van der Waals surface area contributed by atoms with Crippen LogP contribution < -0.4 is 5.32 Å². The van der Waals surface area contributed by atoms with Crippen LogP contribution in [0, 0.1) is 0 Å². The van der Waals surface area contributed by atoms with Crippen LogP contribution in [0.15, 0.2) is 0 Å². The summed E-state index contributed by atoms with van der Waals surface area (Å²) in [6.45, 7) is 5.57. The minimum absolute atomic E-state index is 0.229. The lowest BCUT2D eigenvalue weighted by Crippen LogP contribution is -2.63. The van der Waals surface area contributed by atoms with Gasteiger partial charge in [-0.15, -0.1) is 0 Å². The lowest BCUT2D eigenvalue weighted by Gasteiger charge is -2.43. The summed E-state index contributed by atoms with van der Waals surface area (Å²) in [6, 6.07) is 0. The number of hydrogen-bond acceptors (Lipinski definition) is 4. The zero-order chi connectivity index (χ0) is 12.2. The van der Waals surface area contributed by atoms with E-state index in [1.807, 2.05) is 0 Å². The van der Waals surface area contributed by atoms with E-state index in [2.05, 4.69) is 5.32 Å². The normalized spacial score (nSPS) is 22.9. The quantitative estimate of drug-likeness (QED) is 0.433. The monoisotopic (exact) mass is 253 g/mol. The molecule has 3 N–H and O–H groups in total. The van der Waals surface area contributed by atoms with Gasteiger partial charge in [0.25, 0.3) is 10.1 Å². The molecule has 0 bridgehead atoms. The smallest absolute Gasteiger partial charge is 0.265 e. The van der Waals surface area contributed by atoms with Gasteiger partial charge < -0.3 is 10.4 Å². The maximum absolute atomic E-state index is 10.6. The Labute approximate surface area is 96.6 Å². The van der Waals surface area contributed by atoms with Crippen LogP contribution in [0.1, 0.15) is 13.3 Å². The standard InChI is InChI=1S/C9H20N2O4S/c1-9(12)11(6-3-10-4-7-11)5-2-8-16(13,14)15/h9-10,12H,2-8H2,1H3/p+1. The number of aliphatic hydroxyl groups is 1. The van der Waals surface area contributed by atoms with Crippen LogP contribution in [0.5, 0.6) is 0 Å². The molecular formula is C9H21N2O4S+. The Hall–Kier alpha value is -0.210. The number of hydrogen-bond donors (Lipinski definition) is 3. The molecule has 1 fully saturated rings. The minimum Gasteiger partial charge on any atom is -0.345 e. The highest BCUT2D eigenvalue weighted by molar-refractivity contribution is 7.85. The van der Waals surface area contributed by atoms with Crippen LogP contribution in [-0.4, -0.2) is 67.3 Å². The first-order valence-electron chi connectivity index (χ1n) is 5.55. The second-order valence-corrected chi connectivity index (χ2v) is 5.98. The molecule has 1 saturated heterocycles. The number of nitrogens with zero attached hydrogens (tertiary/aromatic N) is 1. The molecule has 6 nitrogen and oxygen atoms in total. The van der Waals surface area contributed by atoms with E-state index in [9.17, 15) is 13.5 Å². The molecule has 96 valence electrons. The van der Waals surface area contributed by atoms with Gasteiger partial charge >= 0.3 is 0 Å². The number of rotatable bonds is 5. The van der Waals surface area contributed by atoms with E-state index in [0.717, 1.165) is 26.2 Å². The van der Waals surface area contributed by atoms with E-state index < -0.39 is 16.3 Å². The van der Waals surface area contributed by atoms with Crippen LogP contribution in [-0.2, 0) is 10.1 Å². The fourth-order valence-corrected chi connectivity index (χ4v) is 2.68. The van der Waals surface area contributed by atoms with Gasteiger partial charge in [-0.05, 0) is 0 Å². The highest BCUT2D eigenvalue weighted by atomic mass is 32.2. The van der Waals surface area contributed by atoms with Gasteiger partial charge in [-0.3, -0.25) is 9.04 Å². The first-order valence-corrected chi connectivity index (χ1v) is 7.16. The van der Waals surface area contributed by atoms with E-state index >= 15 is 0 Å². The van der Waals surface area contributed by atoms with Crippen molar-refractivity contribution in [1.29, 1.82) is 0 Å². The molecule has 0 aromatic rings. The molecule has 0 saturated carbocycles. The van der Waals surface area contributed by atoms with E-state index in [-0.39, 0.29) is 5.75 Å². The second kappa shape index (κ2) is 5.42. The van der Waals surface area contributed by atoms with Crippen molar-refractivity contribution in [3.8, 4) is 0 Å². The number of quaternary nitrogens is 1. The van der Waals surface area contributed by atoms with Gasteiger partial charge in [0, 0.05) is 26.4 Å². The number of piperazine rings is 1. The van der Waals surface area contributed by atoms with Gasteiger partial charge in [0.05, 0.1) is 25.4 Å². The lowest BCUT2D eigenvalue weighted by atomic mass is 10.2. The summed E-state index contributed by atoms with van der Waals surface area (Å²) in [5.74, 6) is -0.229. The molecule has 1 aliphatic rings. The SMILES string of the molecule is CC(O)[N+]1(CCCS(=O)(=O)O)CCNCC1. The maximum Gasteiger partial charge on any atom is 0.265 e. The van der Waals surface area contributed by atoms with Gasteiger partial charge in [-0.1, -0.05) is 0 Å². The Bertz CT molecular complexity index is 309. The Morgan fingerprint density at radius 1 is 1.38 bits per heavy atom. The number of aliphatic hydroxyl groups excluding tert-OH is 1. The van der Waals surface area contributed by atoms with Crippen molar-refractivity contribution in [1.82, 2.24) is 5.32 Å². The van der Waals surface area contributed by atoms with E-state index in [1.165, 1.54) is 0 Å². The third kappa shape index (κ3) is 3.99. The molecule has 7 heteroatoms. The molecule has 0 aromatic heterocycles. The van der Waals surface area contributed by atoms with Crippen LogP contribution in [0.25, 0.3) is 0 Å². The van der Waals surface area contributed by atoms with E-state index in [4.69, 9.17) is 4.55 Å². The van der Waals surface area contributed by atoms with E-state index in [1.54, 1.807) is 6.92 Å². The average Bonchev–Trinajstić information content (AvgIpc) is 2.17. The van der Waals surface area contributed by atoms with Crippen molar-refractivity contribution >= 4 is 10.1 Å². The zero-order valence-electron chi connectivity index (χ0n) is 9.59. The summed E-state index contributed by atoms with van der Waals surface area (Å²) in [4.78, 5) is 0. The molecule has 0 aliphatic carbocycles. The molecule has 1 aliphatic heterocycles. The Morgan fingerprint density at radius 3 is 2.38 bits per heavy atom. The van der Waals surface area contributed by atoms with Crippen molar-refractivity contribution < 1.29 is 22.6 Å². The van der Waals surface area contributed by atoms with Gasteiger partial charge in [0.1, 0.15) is 0 Å². The Kier molecular flexibility index (Phi) is 4.69. The first-order chi connectivity index (χ1) is 7.36. The summed E-state index contributed by atoms with van der Waals surface area (Å²) < 4.78 is 30.4. The molecular weight excluding hydrogens is 232 g/mol. The van der Waals surface area contributed by atoms with Crippen molar-refractivity contribution in [2.75, 3.05) is 38.5 Å². The second-order valence-electron chi connectivity index (χ2n) is 4.41. The first kappa shape index (κ1) is 13.9. The third-order valence-corrected chi connectivity index (χ3v) is 4.07. The van der Waals surface area contributed by atoms with Crippen LogP contribution in [0.3, 0.4) is 0 Å². The molecule has 16 heavy (non-hydrogen) atoms. The summed E-state index contributed by atoms with van der Waals surface area (Å²) in [6.07, 6.45) is -0.118. The van der Waals surface area contributed by atoms with Crippen LogP contribution in [0.4, 0.5) is 0 Å². The summed E-state index contributed by atoms with van der Waals surface area (Å²) in [5.41, 5.74) is 0. The van der Waals surface area contributed by atoms with Gasteiger partial charge in [0.2, 0.25) is 0 Å². The Balaban J connectivity index is 2.51. The molecule has 1 rings (SSSR count). The van der Waals surface area contributed by atoms with Gasteiger partial charge in [0.15, 0.2) is 6.23 Å². The van der Waals surface area contributed by atoms with Crippen LogP contribution in [0.2, 0.25) is 0 Å². The number of nitrogens with one attached hydrogen (secondary N) is 1. The molecule has 1 atom stereocenters.